The first kappa shape index (κ1) is 22.8. The number of nitrogens with zero attached hydrogens (tertiary/aromatic N) is 2. The molecule has 0 atom stereocenters. The van der Waals surface area contributed by atoms with E-state index >= 15 is 0 Å². The van der Waals surface area contributed by atoms with E-state index in [9.17, 15) is 13.2 Å². The fourth-order valence-corrected chi connectivity index (χ4v) is 2.81. The zero-order chi connectivity index (χ0) is 18.3. The van der Waals surface area contributed by atoms with Gasteiger partial charge in [-0.1, -0.05) is 13.0 Å². The van der Waals surface area contributed by atoms with Gasteiger partial charge in [-0.05, 0) is 37.7 Å². The minimum atomic E-state index is -4.39. The molecule has 9 heteroatoms. The van der Waals surface area contributed by atoms with E-state index < -0.39 is 12.8 Å². The molecule has 26 heavy (non-hydrogen) atoms. The van der Waals surface area contributed by atoms with Crippen LogP contribution in [0.25, 0.3) is 0 Å². The SMILES string of the molecule is CN=C(NCc1cccnc1OCC(F)(F)F)NC1CCC(C)CC1.I. The van der Waals surface area contributed by atoms with E-state index in [0.29, 0.717) is 17.6 Å². The molecule has 0 saturated heterocycles. The summed E-state index contributed by atoms with van der Waals surface area (Å²) in [7, 11) is 1.67. The van der Waals surface area contributed by atoms with Gasteiger partial charge in [-0.25, -0.2) is 4.98 Å². The Bertz CT molecular complexity index is 575. The third-order valence-corrected chi connectivity index (χ3v) is 4.25. The second kappa shape index (κ2) is 10.8. The van der Waals surface area contributed by atoms with E-state index in [-0.39, 0.29) is 36.4 Å². The summed E-state index contributed by atoms with van der Waals surface area (Å²) in [6.45, 7) is 1.18. The Morgan fingerprint density at radius 3 is 2.62 bits per heavy atom. The normalized spacial score (nSPS) is 20.9. The molecule has 1 saturated carbocycles. The second-order valence-electron chi connectivity index (χ2n) is 6.40. The highest BCUT2D eigenvalue weighted by Gasteiger charge is 2.29. The average molecular weight is 486 g/mol. The van der Waals surface area contributed by atoms with Gasteiger partial charge < -0.3 is 15.4 Å². The molecular formula is C17H26F3IN4O. The Morgan fingerprint density at radius 2 is 2.00 bits per heavy atom. The molecule has 2 rings (SSSR count). The molecule has 0 aromatic carbocycles. The Morgan fingerprint density at radius 1 is 1.31 bits per heavy atom. The topological polar surface area (TPSA) is 58.5 Å². The van der Waals surface area contributed by atoms with Gasteiger partial charge in [0.15, 0.2) is 12.6 Å². The summed E-state index contributed by atoms with van der Waals surface area (Å²) in [6.07, 6.45) is 1.58. The van der Waals surface area contributed by atoms with E-state index in [1.165, 1.54) is 19.0 Å². The fraction of sp³-hybridized carbons (Fsp3) is 0.647. The van der Waals surface area contributed by atoms with Gasteiger partial charge in [-0.2, -0.15) is 13.2 Å². The van der Waals surface area contributed by atoms with Gasteiger partial charge in [0, 0.05) is 31.4 Å². The first-order valence-electron chi connectivity index (χ1n) is 8.48. The molecule has 1 aliphatic rings. The fourth-order valence-electron chi connectivity index (χ4n) is 2.81. The molecule has 0 unspecified atom stereocenters. The average Bonchev–Trinajstić information content (AvgIpc) is 2.58. The number of aromatic nitrogens is 1. The molecule has 1 heterocycles. The maximum absolute atomic E-state index is 12.3. The van der Waals surface area contributed by atoms with Crippen molar-refractivity contribution in [1.29, 1.82) is 0 Å². The molecule has 148 valence electrons. The summed E-state index contributed by atoms with van der Waals surface area (Å²) in [4.78, 5) is 8.07. The van der Waals surface area contributed by atoms with Crippen LogP contribution in [0.5, 0.6) is 5.88 Å². The highest BCUT2D eigenvalue weighted by molar-refractivity contribution is 14.0. The second-order valence-corrected chi connectivity index (χ2v) is 6.40. The van der Waals surface area contributed by atoms with Crippen molar-refractivity contribution in [1.82, 2.24) is 15.6 Å². The lowest BCUT2D eigenvalue weighted by Gasteiger charge is -2.28. The highest BCUT2D eigenvalue weighted by Crippen LogP contribution is 2.23. The first-order valence-corrected chi connectivity index (χ1v) is 8.48. The van der Waals surface area contributed by atoms with Gasteiger partial charge in [-0.3, -0.25) is 4.99 Å². The molecule has 0 amide bonds. The molecule has 2 N–H and O–H groups in total. The number of alkyl halides is 3. The third kappa shape index (κ3) is 7.96. The summed E-state index contributed by atoms with van der Waals surface area (Å²) in [5.41, 5.74) is 0.548. The standard InChI is InChI=1S/C17H25F3N4O.HI/c1-12-5-7-14(8-6-12)24-16(21-2)23-10-13-4-3-9-22-15(13)25-11-17(18,19)20;/h3-4,9,12,14H,5-8,10-11H2,1-2H3,(H2,21,23,24);1H. The van der Waals surface area contributed by atoms with Gasteiger partial charge in [-0.15, -0.1) is 24.0 Å². The van der Waals surface area contributed by atoms with Crippen LogP contribution in [0.2, 0.25) is 0 Å². The van der Waals surface area contributed by atoms with Crippen molar-refractivity contribution in [2.45, 2.75) is 51.4 Å². The van der Waals surface area contributed by atoms with Crippen LogP contribution in [0, 0.1) is 5.92 Å². The quantitative estimate of drug-likeness (QED) is 0.377. The van der Waals surface area contributed by atoms with Crippen LogP contribution >= 0.6 is 24.0 Å². The highest BCUT2D eigenvalue weighted by atomic mass is 127. The van der Waals surface area contributed by atoms with Crippen molar-refractivity contribution >= 4 is 29.9 Å². The van der Waals surface area contributed by atoms with Crippen LogP contribution in [0.15, 0.2) is 23.3 Å². The van der Waals surface area contributed by atoms with Crippen molar-refractivity contribution in [3.8, 4) is 5.88 Å². The number of halogens is 4. The lowest BCUT2D eigenvalue weighted by atomic mass is 9.87. The van der Waals surface area contributed by atoms with Crippen molar-refractivity contribution < 1.29 is 17.9 Å². The van der Waals surface area contributed by atoms with E-state index in [1.54, 1.807) is 19.2 Å². The summed E-state index contributed by atoms with van der Waals surface area (Å²) >= 11 is 0. The van der Waals surface area contributed by atoms with Crippen LogP contribution in [0.4, 0.5) is 13.2 Å². The van der Waals surface area contributed by atoms with Gasteiger partial charge in [0.1, 0.15) is 0 Å². The molecule has 1 aromatic heterocycles. The Kier molecular flexibility index (Phi) is 9.45. The van der Waals surface area contributed by atoms with E-state index in [2.05, 4.69) is 27.5 Å². The molecule has 0 aliphatic heterocycles. The monoisotopic (exact) mass is 486 g/mol. The molecule has 0 bridgehead atoms. The molecule has 0 spiro atoms. The van der Waals surface area contributed by atoms with Gasteiger partial charge >= 0.3 is 6.18 Å². The molecular weight excluding hydrogens is 460 g/mol. The Labute approximate surface area is 169 Å². The third-order valence-electron chi connectivity index (χ3n) is 4.25. The maximum atomic E-state index is 12.3. The zero-order valence-corrected chi connectivity index (χ0v) is 17.3. The van der Waals surface area contributed by atoms with Gasteiger partial charge in [0.05, 0.1) is 0 Å². The van der Waals surface area contributed by atoms with Crippen LogP contribution in [-0.2, 0) is 6.54 Å². The van der Waals surface area contributed by atoms with Crippen LogP contribution < -0.4 is 15.4 Å². The lowest BCUT2D eigenvalue weighted by Crippen LogP contribution is -2.44. The zero-order valence-electron chi connectivity index (χ0n) is 15.0. The van der Waals surface area contributed by atoms with Crippen molar-refractivity contribution in [3.05, 3.63) is 23.9 Å². The number of rotatable bonds is 5. The molecule has 5 nitrogen and oxygen atoms in total. The van der Waals surface area contributed by atoms with Crippen LogP contribution in [0.1, 0.15) is 38.2 Å². The summed E-state index contributed by atoms with van der Waals surface area (Å²) in [5.74, 6) is 1.37. The van der Waals surface area contributed by atoms with E-state index in [1.807, 2.05) is 0 Å². The minimum absolute atomic E-state index is 0. The number of nitrogens with one attached hydrogen (secondary N) is 2. The summed E-state index contributed by atoms with van der Waals surface area (Å²) < 4.78 is 41.8. The van der Waals surface area contributed by atoms with Crippen molar-refractivity contribution in [2.75, 3.05) is 13.7 Å². The van der Waals surface area contributed by atoms with Gasteiger partial charge in [0.25, 0.3) is 0 Å². The number of guanidine groups is 1. The number of pyridine rings is 1. The minimum Gasteiger partial charge on any atom is -0.468 e. The molecule has 1 aromatic rings. The Hall–Kier alpha value is -1.26. The first-order chi connectivity index (χ1) is 11.9. The number of hydrogen-bond donors (Lipinski definition) is 2. The van der Waals surface area contributed by atoms with Crippen molar-refractivity contribution in [3.63, 3.8) is 0 Å². The lowest BCUT2D eigenvalue weighted by molar-refractivity contribution is -0.154. The molecule has 1 fully saturated rings. The van der Waals surface area contributed by atoms with Crippen LogP contribution in [0.3, 0.4) is 0 Å². The Balaban J connectivity index is 0.00000338. The number of ether oxygens (including phenoxy) is 1. The smallest absolute Gasteiger partial charge is 0.422 e. The predicted octanol–water partition coefficient (Wildman–Crippen LogP) is 3.88. The molecule has 0 radical (unpaired) electrons. The molecule has 1 aliphatic carbocycles. The van der Waals surface area contributed by atoms with Crippen LogP contribution in [-0.4, -0.2) is 36.8 Å². The van der Waals surface area contributed by atoms with Crippen molar-refractivity contribution in [2.24, 2.45) is 10.9 Å². The summed E-state index contributed by atoms with van der Waals surface area (Å²) in [5, 5.41) is 6.49. The van der Waals surface area contributed by atoms with E-state index in [4.69, 9.17) is 4.74 Å². The number of hydrogen-bond acceptors (Lipinski definition) is 3. The maximum Gasteiger partial charge on any atom is 0.422 e. The number of aliphatic imine (C=N–C) groups is 1. The predicted molar refractivity (Wildman–Crippen MR) is 106 cm³/mol. The van der Waals surface area contributed by atoms with Gasteiger partial charge in [0.2, 0.25) is 5.88 Å². The largest absolute Gasteiger partial charge is 0.468 e. The summed E-state index contributed by atoms with van der Waals surface area (Å²) in [6, 6.07) is 3.72. The van der Waals surface area contributed by atoms with E-state index in [0.717, 1.165) is 18.8 Å².